The first kappa shape index (κ1) is 21.1. The molecule has 1 fully saturated rings. The van der Waals surface area contributed by atoms with Crippen LogP contribution in [0, 0.1) is 5.92 Å². The molecule has 10 heteroatoms. The second-order valence-corrected chi connectivity index (χ2v) is 7.64. The maximum Gasteiger partial charge on any atom is 0.418 e. The van der Waals surface area contributed by atoms with E-state index in [4.69, 9.17) is 4.42 Å². The minimum atomic E-state index is -4.75. The van der Waals surface area contributed by atoms with Crippen molar-refractivity contribution in [3.63, 3.8) is 0 Å². The summed E-state index contributed by atoms with van der Waals surface area (Å²) < 4.78 is 45.3. The summed E-state index contributed by atoms with van der Waals surface area (Å²) in [5, 5.41) is 21.8. The van der Waals surface area contributed by atoms with Gasteiger partial charge in [0.2, 0.25) is 0 Å². The Hall–Kier alpha value is -3.14. The van der Waals surface area contributed by atoms with Crippen LogP contribution in [0.25, 0.3) is 11.1 Å². The molecule has 0 saturated heterocycles. The Kier molecular flexibility index (Phi) is 5.57. The van der Waals surface area contributed by atoms with Crippen molar-refractivity contribution in [1.82, 2.24) is 9.97 Å². The van der Waals surface area contributed by atoms with Gasteiger partial charge in [-0.05, 0) is 43.7 Å². The number of nitrogens with zero attached hydrogens (tertiary/aromatic N) is 2. The predicted octanol–water partition coefficient (Wildman–Crippen LogP) is 4.47. The first-order valence-corrected chi connectivity index (χ1v) is 9.84. The van der Waals surface area contributed by atoms with E-state index in [-0.39, 0.29) is 29.9 Å². The van der Waals surface area contributed by atoms with Crippen LogP contribution in [0.15, 0.2) is 34.9 Å². The lowest BCUT2D eigenvalue weighted by molar-refractivity contribution is -0.138. The summed E-state index contributed by atoms with van der Waals surface area (Å²) >= 11 is 0. The molecule has 1 aromatic carbocycles. The predicted molar refractivity (Wildman–Crippen MR) is 105 cm³/mol. The SMILES string of the molecule is O=C(Nc1cc2oc(C3CCC(CO)CC3)nc2cc1O)c1ncccc1C(F)(F)F. The molecule has 3 N–H and O–H groups in total. The van der Waals surface area contributed by atoms with E-state index in [1.807, 2.05) is 0 Å². The van der Waals surface area contributed by atoms with Crippen LogP contribution in [0.1, 0.15) is 53.5 Å². The number of aromatic hydroxyl groups is 1. The van der Waals surface area contributed by atoms with Crippen molar-refractivity contribution in [3.05, 3.63) is 47.6 Å². The first-order chi connectivity index (χ1) is 14.8. The zero-order valence-corrected chi connectivity index (χ0v) is 16.3. The van der Waals surface area contributed by atoms with E-state index >= 15 is 0 Å². The Morgan fingerprint density at radius 1 is 1.23 bits per heavy atom. The Balaban J connectivity index is 1.58. The molecular weight excluding hydrogens is 415 g/mol. The number of aliphatic hydroxyl groups is 1. The minimum absolute atomic E-state index is 0.0817. The maximum absolute atomic E-state index is 13.2. The van der Waals surface area contributed by atoms with Crippen LogP contribution in [0.5, 0.6) is 5.75 Å². The average Bonchev–Trinajstić information content (AvgIpc) is 3.16. The van der Waals surface area contributed by atoms with Crippen molar-refractivity contribution >= 4 is 22.7 Å². The number of carbonyl (C=O) groups excluding carboxylic acids is 1. The number of alkyl halides is 3. The monoisotopic (exact) mass is 435 g/mol. The molecule has 0 bridgehead atoms. The largest absolute Gasteiger partial charge is 0.506 e. The number of nitrogens with one attached hydrogen (secondary N) is 1. The summed E-state index contributed by atoms with van der Waals surface area (Å²) in [6, 6.07) is 4.47. The van der Waals surface area contributed by atoms with Gasteiger partial charge in [0, 0.05) is 30.9 Å². The van der Waals surface area contributed by atoms with Crippen LogP contribution < -0.4 is 5.32 Å². The van der Waals surface area contributed by atoms with Crippen molar-refractivity contribution in [2.75, 3.05) is 11.9 Å². The molecule has 1 saturated carbocycles. The van der Waals surface area contributed by atoms with E-state index in [9.17, 15) is 28.2 Å². The minimum Gasteiger partial charge on any atom is -0.506 e. The lowest BCUT2D eigenvalue weighted by Gasteiger charge is -2.24. The third-order valence-electron chi connectivity index (χ3n) is 5.55. The standard InChI is InChI=1S/C21H20F3N3O4/c22-21(23,24)13-2-1-7-25-18(13)19(30)26-14-9-17-15(8-16(14)29)27-20(31-17)12-5-3-11(10-28)4-6-12/h1-2,7-9,11-12,28-29H,3-6,10H2,(H,26,30). The van der Waals surface area contributed by atoms with Gasteiger partial charge in [-0.3, -0.25) is 9.78 Å². The van der Waals surface area contributed by atoms with Crippen LogP contribution in [0.4, 0.5) is 18.9 Å². The molecule has 0 radical (unpaired) electrons. The second-order valence-electron chi connectivity index (χ2n) is 7.64. The molecule has 4 rings (SSSR count). The number of phenols is 1. The zero-order chi connectivity index (χ0) is 22.2. The van der Waals surface area contributed by atoms with E-state index < -0.39 is 23.3 Å². The number of phenolic OH excluding ortho intramolecular Hbond substituents is 1. The maximum atomic E-state index is 13.2. The zero-order valence-electron chi connectivity index (χ0n) is 16.3. The van der Waals surface area contributed by atoms with Gasteiger partial charge in [-0.25, -0.2) is 4.98 Å². The van der Waals surface area contributed by atoms with Gasteiger partial charge in [0.25, 0.3) is 5.91 Å². The number of halogens is 3. The highest BCUT2D eigenvalue weighted by molar-refractivity contribution is 6.05. The van der Waals surface area contributed by atoms with Crippen LogP contribution in [-0.2, 0) is 6.18 Å². The highest BCUT2D eigenvalue weighted by Gasteiger charge is 2.36. The molecule has 2 aromatic heterocycles. The number of aromatic nitrogens is 2. The highest BCUT2D eigenvalue weighted by atomic mass is 19.4. The summed E-state index contributed by atoms with van der Waals surface area (Å²) in [4.78, 5) is 20.4. The number of amides is 1. The summed E-state index contributed by atoms with van der Waals surface area (Å²) in [6.07, 6.45) is -0.319. The van der Waals surface area contributed by atoms with Crippen molar-refractivity contribution < 1.29 is 32.6 Å². The molecule has 31 heavy (non-hydrogen) atoms. The van der Waals surface area contributed by atoms with Gasteiger partial charge in [0.1, 0.15) is 17.0 Å². The first-order valence-electron chi connectivity index (χ1n) is 9.84. The number of rotatable bonds is 4. The summed E-state index contributed by atoms with van der Waals surface area (Å²) in [6.45, 7) is 0.156. The lowest BCUT2D eigenvalue weighted by atomic mass is 9.82. The molecule has 0 unspecified atom stereocenters. The molecule has 164 valence electrons. The molecule has 1 amide bonds. The molecule has 1 aliphatic carbocycles. The fourth-order valence-corrected chi connectivity index (χ4v) is 3.84. The van der Waals surface area contributed by atoms with Gasteiger partial charge in [-0.2, -0.15) is 13.2 Å². The number of anilines is 1. The van der Waals surface area contributed by atoms with E-state index in [0.29, 0.717) is 17.0 Å². The number of oxazole rings is 1. The normalized spacial score (nSPS) is 19.5. The van der Waals surface area contributed by atoms with Gasteiger partial charge in [0.15, 0.2) is 11.5 Å². The molecule has 0 aliphatic heterocycles. The Bertz CT molecular complexity index is 1100. The van der Waals surface area contributed by atoms with Gasteiger partial charge >= 0.3 is 6.18 Å². The van der Waals surface area contributed by atoms with Gasteiger partial charge < -0.3 is 19.9 Å². The molecular formula is C21H20F3N3O4. The number of hydrogen-bond donors (Lipinski definition) is 3. The van der Waals surface area contributed by atoms with Crippen LogP contribution in [0.2, 0.25) is 0 Å². The lowest BCUT2D eigenvalue weighted by Crippen LogP contribution is -2.20. The summed E-state index contributed by atoms with van der Waals surface area (Å²) in [7, 11) is 0. The number of pyridine rings is 1. The Morgan fingerprint density at radius 3 is 2.65 bits per heavy atom. The fourth-order valence-electron chi connectivity index (χ4n) is 3.84. The molecule has 1 aliphatic rings. The topological polar surface area (TPSA) is 108 Å². The van der Waals surface area contributed by atoms with Crippen molar-refractivity contribution in [2.24, 2.45) is 5.92 Å². The van der Waals surface area contributed by atoms with Gasteiger partial charge in [-0.15, -0.1) is 0 Å². The highest BCUT2D eigenvalue weighted by Crippen LogP contribution is 2.38. The Labute approximate surface area is 174 Å². The fraction of sp³-hybridized carbons (Fsp3) is 0.381. The molecule has 0 atom stereocenters. The third kappa shape index (κ3) is 4.34. The quantitative estimate of drug-likeness (QED) is 0.522. The molecule has 7 nitrogen and oxygen atoms in total. The summed E-state index contributed by atoms with van der Waals surface area (Å²) in [5.41, 5.74) is -1.40. The van der Waals surface area contributed by atoms with E-state index in [2.05, 4.69) is 15.3 Å². The summed E-state index contributed by atoms with van der Waals surface area (Å²) in [5.74, 6) is -0.602. The number of aliphatic hydroxyl groups excluding tert-OH is 1. The smallest absolute Gasteiger partial charge is 0.418 e. The van der Waals surface area contributed by atoms with E-state index in [1.54, 1.807) is 0 Å². The van der Waals surface area contributed by atoms with Crippen molar-refractivity contribution in [1.29, 1.82) is 0 Å². The Morgan fingerprint density at radius 2 is 1.97 bits per heavy atom. The molecule has 3 aromatic rings. The number of benzene rings is 1. The number of fused-ring (bicyclic) bond motifs is 1. The molecule has 2 heterocycles. The third-order valence-corrected chi connectivity index (χ3v) is 5.55. The average molecular weight is 435 g/mol. The van der Waals surface area contributed by atoms with Crippen LogP contribution >= 0.6 is 0 Å². The number of carbonyl (C=O) groups is 1. The van der Waals surface area contributed by atoms with Crippen molar-refractivity contribution in [3.8, 4) is 5.75 Å². The number of hydrogen-bond acceptors (Lipinski definition) is 6. The van der Waals surface area contributed by atoms with E-state index in [1.165, 1.54) is 12.1 Å². The van der Waals surface area contributed by atoms with E-state index in [0.717, 1.165) is 44.0 Å². The van der Waals surface area contributed by atoms with Gasteiger partial charge in [0.05, 0.1) is 11.3 Å². The van der Waals surface area contributed by atoms with Crippen molar-refractivity contribution in [2.45, 2.75) is 37.8 Å². The molecule has 0 spiro atoms. The second kappa shape index (κ2) is 8.18. The van der Waals surface area contributed by atoms with Gasteiger partial charge in [-0.1, -0.05) is 0 Å². The van der Waals surface area contributed by atoms with Crippen LogP contribution in [0.3, 0.4) is 0 Å². The van der Waals surface area contributed by atoms with Crippen LogP contribution in [-0.4, -0.2) is 32.7 Å².